The fourth-order valence-electron chi connectivity index (χ4n) is 2.42. The zero-order valence-corrected chi connectivity index (χ0v) is 16.8. The molecule has 0 aromatic heterocycles. The summed E-state index contributed by atoms with van der Waals surface area (Å²) in [6.07, 6.45) is -1.23. The van der Waals surface area contributed by atoms with Crippen LogP contribution in [-0.4, -0.2) is 42.7 Å². The number of hydrogen-bond donors (Lipinski definition) is 2. The minimum absolute atomic E-state index is 0.153. The van der Waals surface area contributed by atoms with Gasteiger partial charge < -0.3 is 15.2 Å². The van der Waals surface area contributed by atoms with E-state index in [1.807, 2.05) is 0 Å². The number of alkyl halides is 3. The molecular formula is C17H22F3NO6S. The maximum atomic E-state index is 12.8. The second-order valence-electron chi connectivity index (χ2n) is 7.23. The number of alkyl carbamates (subject to hydrolysis) is 1. The van der Waals surface area contributed by atoms with Crippen LogP contribution in [-0.2, 0) is 25.8 Å². The molecule has 0 aliphatic rings. The Labute approximate surface area is 160 Å². The van der Waals surface area contributed by atoms with Crippen LogP contribution in [0.3, 0.4) is 0 Å². The third-order valence-corrected chi connectivity index (χ3v) is 5.15. The number of carbonyl (C=O) groups is 2. The average molecular weight is 425 g/mol. The van der Waals surface area contributed by atoms with Gasteiger partial charge in [0.1, 0.15) is 11.6 Å². The largest absolute Gasteiger partial charge is 0.501 e. The van der Waals surface area contributed by atoms with Gasteiger partial charge in [0.25, 0.3) is 9.84 Å². The summed E-state index contributed by atoms with van der Waals surface area (Å²) in [5.74, 6) is -1.38. The van der Waals surface area contributed by atoms with Crippen molar-refractivity contribution >= 4 is 21.9 Å². The third-order valence-electron chi connectivity index (χ3n) is 3.68. The highest BCUT2D eigenvalue weighted by Gasteiger charge is 2.47. The summed E-state index contributed by atoms with van der Waals surface area (Å²) in [6.45, 7) is 7.51. The molecule has 0 aliphatic heterocycles. The summed E-state index contributed by atoms with van der Waals surface area (Å²) in [5.41, 5.74) is -5.69. The number of benzene rings is 1. The molecule has 1 rings (SSSR count). The summed E-state index contributed by atoms with van der Waals surface area (Å²) >= 11 is 0. The van der Waals surface area contributed by atoms with Crippen LogP contribution in [0, 0.1) is 13.8 Å². The molecule has 158 valence electrons. The van der Waals surface area contributed by atoms with Gasteiger partial charge in [-0.3, -0.25) is 0 Å². The molecule has 0 spiro atoms. The zero-order chi connectivity index (χ0) is 22.1. The number of nitrogens with one attached hydrogen (secondary N) is 1. The van der Waals surface area contributed by atoms with Gasteiger partial charge in [0.2, 0.25) is 0 Å². The van der Waals surface area contributed by atoms with E-state index in [1.165, 1.54) is 13.8 Å². The molecule has 0 bridgehead atoms. The van der Waals surface area contributed by atoms with Gasteiger partial charge in [0.15, 0.2) is 0 Å². The number of carbonyl (C=O) groups excluding carboxylic acids is 1. The Morgan fingerprint density at radius 1 is 1.14 bits per heavy atom. The van der Waals surface area contributed by atoms with E-state index in [9.17, 15) is 36.3 Å². The van der Waals surface area contributed by atoms with E-state index in [0.29, 0.717) is 5.56 Å². The number of amides is 1. The molecule has 0 aliphatic carbocycles. The molecule has 0 radical (unpaired) electrons. The first-order chi connectivity index (χ1) is 12.5. The highest BCUT2D eigenvalue weighted by Crippen LogP contribution is 2.32. The summed E-state index contributed by atoms with van der Waals surface area (Å²) in [4.78, 5) is 22.4. The van der Waals surface area contributed by atoms with Crippen molar-refractivity contribution < 1.29 is 41.0 Å². The third kappa shape index (κ3) is 5.85. The van der Waals surface area contributed by atoms with Gasteiger partial charge in [-0.05, 0) is 63.4 Å². The van der Waals surface area contributed by atoms with Gasteiger partial charge in [-0.1, -0.05) is 0 Å². The number of aliphatic carboxylic acids is 1. The number of rotatable bonds is 5. The zero-order valence-electron chi connectivity index (χ0n) is 16.0. The maximum Gasteiger partial charge on any atom is 0.501 e. The number of aryl methyl sites for hydroxylation is 2. The van der Waals surface area contributed by atoms with Crippen molar-refractivity contribution in [3.63, 3.8) is 0 Å². The average Bonchev–Trinajstić information content (AvgIpc) is 2.46. The van der Waals surface area contributed by atoms with E-state index in [0.717, 1.165) is 12.1 Å². The van der Waals surface area contributed by atoms with Crippen LogP contribution in [0.15, 0.2) is 17.0 Å². The van der Waals surface area contributed by atoms with Crippen molar-refractivity contribution in [2.24, 2.45) is 0 Å². The van der Waals surface area contributed by atoms with Gasteiger partial charge >= 0.3 is 17.6 Å². The Kier molecular flexibility index (Phi) is 6.76. The highest BCUT2D eigenvalue weighted by atomic mass is 32.2. The number of sulfone groups is 1. The summed E-state index contributed by atoms with van der Waals surface area (Å²) in [5, 5.41) is 11.5. The van der Waals surface area contributed by atoms with Crippen molar-refractivity contribution in [3.8, 4) is 0 Å². The lowest BCUT2D eigenvalue weighted by atomic mass is 9.96. The van der Waals surface area contributed by atoms with Crippen LogP contribution in [0.5, 0.6) is 0 Å². The highest BCUT2D eigenvalue weighted by molar-refractivity contribution is 7.92. The van der Waals surface area contributed by atoms with Crippen molar-refractivity contribution in [1.82, 2.24) is 5.32 Å². The van der Waals surface area contributed by atoms with Gasteiger partial charge in [-0.2, -0.15) is 13.2 Å². The molecule has 0 fully saturated rings. The predicted octanol–water partition coefficient (Wildman–Crippen LogP) is 3.12. The summed E-state index contributed by atoms with van der Waals surface area (Å²) in [6, 6.07) is 0.243. The molecule has 1 aromatic rings. The second-order valence-corrected chi connectivity index (χ2v) is 9.17. The van der Waals surface area contributed by atoms with Crippen LogP contribution in [0.2, 0.25) is 0 Å². The van der Waals surface area contributed by atoms with Gasteiger partial charge in [-0.25, -0.2) is 18.0 Å². The van der Waals surface area contributed by atoms with Crippen LogP contribution in [0.4, 0.5) is 18.0 Å². The van der Waals surface area contributed by atoms with E-state index >= 15 is 0 Å². The molecule has 0 heterocycles. The Hall–Kier alpha value is -2.30. The number of hydrogen-bond acceptors (Lipinski definition) is 5. The molecule has 0 saturated heterocycles. The first-order valence-corrected chi connectivity index (χ1v) is 9.58. The van der Waals surface area contributed by atoms with Crippen LogP contribution in [0.25, 0.3) is 0 Å². The normalized spacial score (nSPS) is 13.7. The van der Waals surface area contributed by atoms with Crippen LogP contribution in [0.1, 0.15) is 37.5 Å². The molecule has 1 atom stereocenters. The SMILES string of the molecule is Cc1cc(S(=O)(=O)C(F)(F)F)cc(C)c1C[C@H](NC(=O)OC(C)(C)C)C(=O)O. The monoisotopic (exact) mass is 425 g/mol. The number of carboxylic acids is 1. The van der Waals surface area contributed by atoms with Crippen molar-refractivity contribution in [3.05, 3.63) is 28.8 Å². The van der Waals surface area contributed by atoms with E-state index < -0.39 is 43.9 Å². The van der Waals surface area contributed by atoms with E-state index in [-0.39, 0.29) is 17.5 Å². The quantitative estimate of drug-likeness (QED) is 0.750. The van der Waals surface area contributed by atoms with Gasteiger partial charge in [0, 0.05) is 6.42 Å². The number of carboxylic acid groups (broad SMARTS) is 1. The number of ether oxygens (including phenoxy) is 1. The lowest BCUT2D eigenvalue weighted by Crippen LogP contribution is -2.44. The Morgan fingerprint density at radius 3 is 1.96 bits per heavy atom. The van der Waals surface area contributed by atoms with E-state index in [4.69, 9.17) is 4.74 Å². The molecule has 2 N–H and O–H groups in total. The molecule has 0 saturated carbocycles. The summed E-state index contributed by atoms with van der Waals surface area (Å²) < 4.78 is 66.4. The van der Waals surface area contributed by atoms with E-state index in [2.05, 4.69) is 5.32 Å². The van der Waals surface area contributed by atoms with Crippen molar-refractivity contribution in [2.45, 2.75) is 63.1 Å². The molecule has 0 unspecified atom stereocenters. The molecule has 11 heteroatoms. The fraction of sp³-hybridized carbons (Fsp3) is 0.529. The topological polar surface area (TPSA) is 110 Å². The molecule has 1 aromatic carbocycles. The second kappa shape index (κ2) is 7.98. The summed E-state index contributed by atoms with van der Waals surface area (Å²) in [7, 11) is -5.53. The Balaban J connectivity index is 3.19. The van der Waals surface area contributed by atoms with Gasteiger partial charge in [0.05, 0.1) is 4.90 Å². The lowest BCUT2D eigenvalue weighted by Gasteiger charge is -2.23. The molecule has 1 amide bonds. The predicted molar refractivity (Wildman–Crippen MR) is 93.7 cm³/mol. The van der Waals surface area contributed by atoms with Gasteiger partial charge in [-0.15, -0.1) is 0 Å². The smallest absolute Gasteiger partial charge is 0.480 e. The number of halogens is 3. The van der Waals surface area contributed by atoms with E-state index in [1.54, 1.807) is 20.8 Å². The van der Waals surface area contributed by atoms with Crippen LogP contribution < -0.4 is 5.32 Å². The Morgan fingerprint density at radius 2 is 1.61 bits per heavy atom. The van der Waals surface area contributed by atoms with Crippen molar-refractivity contribution in [2.75, 3.05) is 0 Å². The fourth-order valence-corrected chi connectivity index (χ4v) is 3.35. The minimum atomic E-state index is -5.53. The van der Waals surface area contributed by atoms with Crippen LogP contribution >= 0.6 is 0 Å². The minimum Gasteiger partial charge on any atom is -0.480 e. The van der Waals surface area contributed by atoms with Crippen molar-refractivity contribution in [1.29, 1.82) is 0 Å². The Bertz CT molecular complexity index is 849. The first kappa shape index (κ1) is 23.7. The molecular weight excluding hydrogens is 403 g/mol. The molecule has 28 heavy (non-hydrogen) atoms. The maximum absolute atomic E-state index is 12.8. The first-order valence-electron chi connectivity index (χ1n) is 8.09. The molecule has 7 nitrogen and oxygen atoms in total. The lowest BCUT2D eigenvalue weighted by molar-refractivity contribution is -0.139. The standard InChI is InChI=1S/C17H22F3NO6S/c1-9-6-11(28(25,26)17(18,19)20)7-10(2)12(9)8-13(14(22)23)21-15(24)27-16(3,4)5/h6-7,13H,8H2,1-5H3,(H,21,24)(H,22,23)/t13-/m0/s1.